The van der Waals surface area contributed by atoms with E-state index in [1.807, 2.05) is 0 Å². The molecular formula is C18H23FN4O3. The number of halogens is 1. The molecule has 0 saturated carbocycles. The Hall–Kier alpha value is -2.64. The Morgan fingerprint density at radius 3 is 2.35 bits per heavy atom. The number of anilines is 1. The van der Waals surface area contributed by atoms with Gasteiger partial charge < -0.3 is 15.1 Å². The average Bonchev–Trinajstić information content (AvgIpc) is 2.86. The lowest BCUT2D eigenvalue weighted by molar-refractivity contribution is -0.136. The fourth-order valence-electron chi connectivity index (χ4n) is 3.57. The molecule has 2 heterocycles. The van der Waals surface area contributed by atoms with Gasteiger partial charge in [0.05, 0.1) is 0 Å². The number of imide groups is 1. The molecule has 2 fully saturated rings. The van der Waals surface area contributed by atoms with Gasteiger partial charge in [-0.2, -0.15) is 0 Å². The second kappa shape index (κ2) is 6.93. The number of nitrogens with zero attached hydrogens (tertiary/aromatic N) is 2. The molecule has 2 aliphatic heterocycles. The van der Waals surface area contributed by atoms with Crippen molar-refractivity contribution in [3.63, 3.8) is 0 Å². The van der Waals surface area contributed by atoms with Gasteiger partial charge in [0, 0.05) is 37.8 Å². The zero-order valence-electron chi connectivity index (χ0n) is 14.9. The van der Waals surface area contributed by atoms with Gasteiger partial charge in [0.2, 0.25) is 5.91 Å². The van der Waals surface area contributed by atoms with Gasteiger partial charge in [0.1, 0.15) is 11.4 Å². The Bertz CT molecular complexity index is 716. The zero-order valence-corrected chi connectivity index (χ0v) is 14.9. The van der Waals surface area contributed by atoms with Crippen LogP contribution in [0, 0.1) is 11.7 Å². The normalized spacial score (nSPS) is 24.3. The Kier molecular flexibility index (Phi) is 4.84. The van der Waals surface area contributed by atoms with Crippen LogP contribution >= 0.6 is 0 Å². The molecule has 0 spiro atoms. The summed E-state index contributed by atoms with van der Waals surface area (Å²) in [5.74, 6) is -1.09. The van der Waals surface area contributed by atoms with Crippen molar-refractivity contribution < 1.29 is 18.8 Å². The van der Waals surface area contributed by atoms with Gasteiger partial charge in [-0.05, 0) is 37.6 Å². The molecule has 2 atom stereocenters. The Morgan fingerprint density at radius 1 is 1.19 bits per heavy atom. The number of piperazine rings is 1. The van der Waals surface area contributed by atoms with Crippen molar-refractivity contribution in [3.8, 4) is 0 Å². The molecule has 2 N–H and O–H groups in total. The molecule has 26 heavy (non-hydrogen) atoms. The van der Waals surface area contributed by atoms with E-state index >= 15 is 0 Å². The highest BCUT2D eigenvalue weighted by Crippen LogP contribution is 2.23. The van der Waals surface area contributed by atoms with E-state index in [1.54, 1.807) is 30.9 Å². The van der Waals surface area contributed by atoms with Gasteiger partial charge in [-0.15, -0.1) is 0 Å². The monoisotopic (exact) mass is 362 g/mol. The third kappa shape index (κ3) is 3.63. The minimum atomic E-state index is -1.05. The van der Waals surface area contributed by atoms with E-state index in [0.717, 1.165) is 5.69 Å². The van der Waals surface area contributed by atoms with Crippen LogP contribution in [0.5, 0.6) is 0 Å². The molecule has 0 radical (unpaired) electrons. The molecule has 1 aromatic carbocycles. The summed E-state index contributed by atoms with van der Waals surface area (Å²) in [6.45, 7) is 5.87. The highest BCUT2D eigenvalue weighted by Gasteiger charge is 2.44. The molecule has 4 amide bonds. The standard InChI is InChI=1S/C18H23FN4O3/c1-12(11-18(2)16(25)20-17(26)21-18)15(24)23-9-7-22(8-10-23)14-5-3-13(19)4-6-14/h3-6,12H,7-11H2,1-2H3,(H2,20,21,25,26). The maximum absolute atomic E-state index is 13.0. The van der Waals surface area contributed by atoms with Crippen LogP contribution in [0.15, 0.2) is 24.3 Å². The number of urea groups is 1. The molecular weight excluding hydrogens is 339 g/mol. The number of benzene rings is 1. The number of rotatable bonds is 4. The van der Waals surface area contributed by atoms with Crippen molar-refractivity contribution in [2.45, 2.75) is 25.8 Å². The van der Waals surface area contributed by atoms with E-state index in [0.29, 0.717) is 26.2 Å². The molecule has 0 bridgehead atoms. The molecule has 1 aromatic rings. The van der Waals surface area contributed by atoms with Gasteiger partial charge in [-0.25, -0.2) is 9.18 Å². The van der Waals surface area contributed by atoms with Crippen LogP contribution in [0.4, 0.5) is 14.9 Å². The second-order valence-electron chi connectivity index (χ2n) is 7.13. The third-order valence-electron chi connectivity index (χ3n) is 5.04. The van der Waals surface area contributed by atoms with Gasteiger partial charge in [-0.3, -0.25) is 14.9 Å². The van der Waals surface area contributed by atoms with E-state index in [2.05, 4.69) is 15.5 Å². The van der Waals surface area contributed by atoms with E-state index in [4.69, 9.17) is 0 Å². The van der Waals surface area contributed by atoms with Gasteiger partial charge in [-0.1, -0.05) is 6.92 Å². The summed E-state index contributed by atoms with van der Waals surface area (Å²) in [4.78, 5) is 39.9. The quantitative estimate of drug-likeness (QED) is 0.786. The lowest BCUT2D eigenvalue weighted by atomic mass is 9.89. The molecule has 0 aliphatic carbocycles. The summed E-state index contributed by atoms with van der Waals surface area (Å²) >= 11 is 0. The SMILES string of the molecule is CC(CC1(C)NC(=O)NC1=O)C(=O)N1CCN(c2ccc(F)cc2)CC1. The maximum Gasteiger partial charge on any atom is 0.322 e. The van der Waals surface area contributed by atoms with Crippen molar-refractivity contribution >= 4 is 23.5 Å². The van der Waals surface area contributed by atoms with Gasteiger partial charge >= 0.3 is 6.03 Å². The summed E-state index contributed by atoms with van der Waals surface area (Å²) in [7, 11) is 0. The van der Waals surface area contributed by atoms with Crippen molar-refractivity contribution in [1.29, 1.82) is 0 Å². The summed E-state index contributed by atoms with van der Waals surface area (Å²) in [6, 6.07) is 5.80. The first-order valence-electron chi connectivity index (χ1n) is 8.71. The number of hydrogen-bond donors (Lipinski definition) is 2. The molecule has 2 saturated heterocycles. The predicted molar refractivity (Wildman–Crippen MR) is 94.1 cm³/mol. The van der Waals surface area contributed by atoms with Crippen LogP contribution in [0.3, 0.4) is 0 Å². The second-order valence-corrected chi connectivity index (χ2v) is 7.13. The Morgan fingerprint density at radius 2 is 1.81 bits per heavy atom. The first-order chi connectivity index (χ1) is 12.3. The van der Waals surface area contributed by atoms with Crippen LogP contribution in [-0.2, 0) is 9.59 Å². The number of carbonyl (C=O) groups is 3. The van der Waals surface area contributed by atoms with Crippen molar-refractivity contribution in [2.24, 2.45) is 5.92 Å². The van der Waals surface area contributed by atoms with E-state index in [-0.39, 0.29) is 24.1 Å². The molecule has 2 unspecified atom stereocenters. The van der Waals surface area contributed by atoms with Crippen LogP contribution < -0.4 is 15.5 Å². The number of carbonyl (C=O) groups excluding carboxylic acids is 3. The molecule has 7 nitrogen and oxygen atoms in total. The first-order valence-corrected chi connectivity index (χ1v) is 8.71. The summed E-state index contributed by atoms with van der Waals surface area (Å²) < 4.78 is 13.0. The van der Waals surface area contributed by atoms with Crippen LogP contribution in [-0.4, -0.2) is 54.5 Å². The molecule has 140 valence electrons. The fourth-order valence-corrected chi connectivity index (χ4v) is 3.57. The highest BCUT2D eigenvalue weighted by molar-refractivity contribution is 6.07. The third-order valence-corrected chi connectivity index (χ3v) is 5.04. The number of nitrogens with one attached hydrogen (secondary N) is 2. The maximum atomic E-state index is 13.0. The Labute approximate surface area is 151 Å². The largest absolute Gasteiger partial charge is 0.368 e. The molecule has 2 aliphatic rings. The minimum Gasteiger partial charge on any atom is -0.368 e. The lowest BCUT2D eigenvalue weighted by Crippen LogP contribution is -2.52. The number of amides is 4. The van der Waals surface area contributed by atoms with Gasteiger partial charge in [0.15, 0.2) is 0 Å². The van der Waals surface area contributed by atoms with Crippen molar-refractivity contribution in [1.82, 2.24) is 15.5 Å². The van der Waals surface area contributed by atoms with Crippen molar-refractivity contribution in [2.75, 3.05) is 31.1 Å². The van der Waals surface area contributed by atoms with E-state index in [1.165, 1.54) is 12.1 Å². The van der Waals surface area contributed by atoms with Crippen LogP contribution in [0.25, 0.3) is 0 Å². The minimum absolute atomic E-state index is 0.0288. The fraction of sp³-hybridized carbons (Fsp3) is 0.500. The van der Waals surface area contributed by atoms with E-state index < -0.39 is 17.5 Å². The predicted octanol–water partition coefficient (Wildman–Crippen LogP) is 1.10. The zero-order chi connectivity index (χ0) is 18.9. The molecule has 0 aromatic heterocycles. The van der Waals surface area contributed by atoms with Crippen LogP contribution in [0.1, 0.15) is 20.3 Å². The lowest BCUT2D eigenvalue weighted by Gasteiger charge is -2.38. The first kappa shape index (κ1) is 18.2. The Balaban J connectivity index is 1.55. The smallest absolute Gasteiger partial charge is 0.322 e. The van der Waals surface area contributed by atoms with Crippen molar-refractivity contribution in [3.05, 3.63) is 30.1 Å². The molecule has 3 rings (SSSR count). The summed E-state index contributed by atoms with van der Waals surface area (Å²) in [5, 5.41) is 4.80. The highest BCUT2D eigenvalue weighted by atomic mass is 19.1. The topological polar surface area (TPSA) is 81.8 Å². The number of hydrogen-bond acceptors (Lipinski definition) is 4. The van der Waals surface area contributed by atoms with E-state index in [9.17, 15) is 18.8 Å². The summed E-state index contributed by atoms with van der Waals surface area (Å²) in [6.07, 6.45) is 0.252. The molecule has 8 heteroatoms. The summed E-state index contributed by atoms with van der Waals surface area (Å²) in [5.41, 5.74) is -0.119. The van der Waals surface area contributed by atoms with Crippen LogP contribution in [0.2, 0.25) is 0 Å². The average molecular weight is 362 g/mol. The van der Waals surface area contributed by atoms with Gasteiger partial charge in [0.25, 0.3) is 5.91 Å².